The van der Waals surface area contributed by atoms with Crippen molar-refractivity contribution >= 4 is 11.9 Å². The Morgan fingerprint density at radius 1 is 1.54 bits per heavy atom. The molecule has 74 valence electrons. The molecule has 4 heteroatoms. The van der Waals surface area contributed by atoms with E-state index in [-0.39, 0.29) is 5.92 Å². The third-order valence-electron chi connectivity index (χ3n) is 1.51. The third kappa shape index (κ3) is 5.00. The number of carboxylic acids is 1. The van der Waals surface area contributed by atoms with Gasteiger partial charge in [-0.05, 0) is 18.4 Å². The van der Waals surface area contributed by atoms with Crippen molar-refractivity contribution in [1.82, 2.24) is 5.32 Å². The second kappa shape index (κ2) is 5.35. The van der Waals surface area contributed by atoms with Crippen molar-refractivity contribution in [3.8, 4) is 0 Å². The monoisotopic (exact) mass is 185 g/mol. The highest BCUT2D eigenvalue weighted by Gasteiger charge is 2.19. The molecule has 0 aliphatic rings. The zero-order chi connectivity index (χ0) is 10.4. The molecule has 0 aromatic heterocycles. The van der Waals surface area contributed by atoms with Gasteiger partial charge < -0.3 is 10.4 Å². The Balaban J connectivity index is 4.17. The second-order valence-corrected chi connectivity index (χ2v) is 3.23. The molecule has 0 spiro atoms. The third-order valence-corrected chi connectivity index (χ3v) is 1.51. The van der Waals surface area contributed by atoms with E-state index in [0.717, 1.165) is 6.08 Å². The van der Waals surface area contributed by atoms with Crippen LogP contribution >= 0.6 is 0 Å². The van der Waals surface area contributed by atoms with Crippen LogP contribution < -0.4 is 5.32 Å². The minimum Gasteiger partial charge on any atom is -0.480 e. The maximum Gasteiger partial charge on any atom is 0.326 e. The molecule has 0 aromatic carbocycles. The van der Waals surface area contributed by atoms with Crippen LogP contribution in [0.3, 0.4) is 0 Å². The summed E-state index contributed by atoms with van der Waals surface area (Å²) in [5.41, 5.74) is 0. The largest absolute Gasteiger partial charge is 0.480 e. The molecular formula is C9H15NO3. The van der Waals surface area contributed by atoms with Crippen LogP contribution in [0.4, 0.5) is 0 Å². The smallest absolute Gasteiger partial charge is 0.326 e. The highest BCUT2D eigenvalue weighted by Crippen LogP contribution is 2.04. The molecule has 2 N–H and O–H groups in total. The summed E-state index contributed by atoms with van der Waals surface area (Å²) < 4.78 is 0. The molecule has 1 amide bonds. The average molecular weight is 185 g/mol. The van der Waals surface area contributed by atoms with Crippen molar-refractivity contribution in [2.45, 2.75) is 26.3 Å². The number of hydrogen-bond acceptors (Lipinski definition) is 2. The Bertz CT molecular complexity index is 211. The van der Waals surface area contributed by atoms with Gasteiger partial charge in [0.25, 0.3) is 0 Å². The van der Waals surface area contributed by atoms with E-state index in [2.05, 4.69) is 11.9 Å². The van der Waals surface area contributed by atoms with Gasteiger partial charge in [-0.3, -0.25) is 4.79 Å². The van der Waals surface area contributed by atoms with Crippen LogP contribution in [-0.4, -0.2) is 23.0 Å². The molecule has 0 radical (unpaired) electrons. The lowest BCUT2D eigenvalue weighted by Crippen LogP contribution is -2.40. The SMILES string of the molecule is C=CC(=O)N[C@@H](CC(C)C)C(=O)O. The first-order chi connectivity index (χ1) is 5.97. The maximum absolute atomic E-state index is 10.8. The Hall–Kier alpha value is -1.32. The molecule has 0 rings (SSSR count). The van der Waals surface area contributed by atoms with E-state index in [9.17, 15) is 9.59 Å². The molecule has 0 aliphatic carbocycles. The lowest BCUT2D eigenvalue weighted by Gasteiger charge is -2.14. The Morgan fingerprint density at radius 3 is 2.38 bits per heavy atom. The number of carbonyl (C=O) groups excluding carboxylic acids is 1. The molecule has 4 nitrogen and oxygen atoms in total. The van der Waals surface area contributed by atoms with Crippen LogP contribution in [0.15, 0.2) is 12.7 Å². The van der Waals surface area contributed by atoms with Crippen LogP contribution in [0.25, 0.3) is 0 Å². The fourth-order valence-corrected chi connectivity index (χ4v) is 0.924. The maximum atomic E-state index is 10.8. The molecule has 0 aromatic rings. The van der Waals surface area contributed by atoms with E-state index in [1.54, 1.807) is 0 Å². The van der Waals surface area contributed by atoms with Gasteiger partial charge in [0.05, 0.1) is 0 Å². The highest BCUT2D eigenvalue weighted by molar-refractivity contribution is 5.90. The zero-order valence-corrected chi connectivity index (χ0v) is 7.91. The number of aliphatic carboxylic acids is 1. The minimum atomic E-state index is -1.01. The molecule has 0 fully saturated rings. The van der Waals surface area contributed by atoms with Crippen molar-refractivity contribution in [2.75, 3.05) is 0 Å². The first-order valence-corrected chi connectivity index (χ1v) is 4.13. The molecular weight excluding hydrogens is 170 g/mol. The average Bonchev–Trinajstić information content (AvgIpc) is 2.02. The van der Waals surface area contributed by atoms with E-state index >= 15 is 0 Å². The van der Waals surface area contributed by atoms with Gasteiger partial charge in [-0.25, -0.2) is 4.79 Å². The topological polar surface area (TPSA) is 66.4 Å². The first-order valence-electron chi connectivity index (χ1n) is 4.13. The Morgan fingerprint density at radius 2 is 2.08 bits per heavy atom. The van der Waals surface area contributed by atoms with Gasteiger partial charge in [-0.15, -0.1) is 0 Å². The molecule has 0 saturated carbocycles. The van der Waals surface area contributed by atoms with Gasteiger partial charge in [0, 0.05) is 0 Å². The second-order valence-electron chi connectivity index (χ2n) is 3.23. The van der Waals surface area contributed by atoms with E-state index in [1.165, 1.54) is 0 Å². The molecule has 13 heavy (non-hydrogen) atoms. The minimum absolute atomic E-state index is 0.228. The van der Waals surface area contributed by atoms with Gasteiger partial charge >= 0.3 is 5.97 Å². The van der Waals surface area contributed by atoms with E-state index < -0.39 is 17.9 Å². The Kier molecular flexibility index (Phi) is 4.80. The molecule has 0 bridgehead atoms. The highest BCUT2D eigenvalue weighted by atomic mass is 16.4. The standard InChI is InChI=1S/C9H15NO3/c1-4-8(11)10-7(9(12)13)5-6(2)3/h4,6-7H,1,5H2,2-3H3,(H,10,11)(H,12,13)/t7-/m0/s1. The van der Waals surface area contributed by atoms with Gasteiger partial charge in [0.15, 0.2) is 0 Å². The molecule has 0 saturated heterocycles. The number of carbonyl (C=O) groups is 2. The molecule has 1 atom stereocenters. The Labute approximate surface area is 77.6 Å². The van der Waals surface area contributed by atoms with Crippen LogP contribution in [0, 0.1) is 5.92 Å². The summed E-state index contributed by atoms with van der Waals surface area (Å²) >= 11 is 0. The quantitative estimate of drug-likeness (QED) is 0.622. The van der Waals surface area contributed by atoms with E-state index in [4.69, 9.17) is 5.11 Å². The predicted molar refractivity (Wildman–Crippen MR) is 49.2 cm³/mol. The van der Waals surface area contributed by atoms with Crippen LogP contribution in [0.1, 0.15) is 20.3 Å². The summed E-state index contributed by atoms with van der Waals surface area (Å²) in [5, 5.41) is 11.1. The molecule has 0 aliphatic heterocycles. The van der Waals surface area contributed by atoms with Crippen LogP contribution in [0.2, 0.25) is 0 Å². The number of hydrogen-bond donors (Lipinski definition) is 2. The summed E-state index contributed by atoms with van der Waals surface area (Å²) in [5.74, 6) is -1.23. The summed E-state index contributed by atoms with van der Waals surface area (Å²) in [7, 11) is 0. The first kappa shape index (κ1) is 11.7. The van der Waals surface area contributed by atoms with Crippen molar-refractivity contribution < 1.29 is 14.7 Å². The fourth-order valence-electron chi connectivity index (χ4n) is 0.924. The van der Waals surface area contributed by atoms with Gasteiger partial charge in [0.1, 0.15) is 6.04 Å². The number of nitrogens with one attached hydrogen (secondary N) is 1. The van der Waals surface area contributed by atoms with Crippen molar-refractivity contribution in [3.63, 3.8) is 0 Å². The van der Waals surface area contributed by atoms with Gasteiger partial charge in [-0.2, -0.15) is 0 Å². The summed E-state index contributed by atoms with van der Waals surface area (Å²) in [6.07, 6.45) is 1.49. The lowest BCUT2D eigenvalue weighted by atomic mass is 10.0. The van der Waals surface area contributed by atoms with Crippen LogP contribution in [0.5, 0.6) is 0 Å². The molecule has 0 unspecified atom stereocenters. The predicted octanol–water partition coefficient (Wildman–Crippen LogP) is 0.788. The van der Waals surface area contributed by atoms with Crippen molar-refractivity contribution in [3.05, 3.63) is 12.7 Å². The summed E-state index contributed by atoms with van der Waals surface area (Å²) in [6, 6.07) is -0.814. The van der Waals surface area contributed by atoms with E-state index in [0.29, 0.717) is 6.42 Å². The summed E-state index contributed by atoms with van der Waals surface area (Å²) in [4.78, 5) is 21.5. The molecule has 0 heterocycles. The van der Waals surface area contributed by atoms with Gasteiger partial charge in [0.2, 0.25) is 5.91 Å². The zero-order valence-electron chi connectivity index (χ0n) is 7.91. The van der Waals surface area contributed by atoms with E-state index in [1.807, 2.05) is 13.8 Å². The fraction of sp³-hybridized carbons (Fsp3) is 0.556. The number of rotatable bonds is 5. The lowest BCUT2D eigenvalue weighted by molar-refractivity contribution is -0.141. The number of amides is 1. The normalized spacial score (nSPS) is 12.2. The summed E-state index contributed by atoms with van der Waals surface area (Å²) in [6.45, 7) is 7.04. The van der Waals surface area contributed by atoms with Crippen molar-refractivity contribution in [1.29, 1.82) is 0 Å². The van der Waals surface area contributed by atoms with Crippen LogP contribution in [-0.2, 0) is 9.59 Å². The van der Waals surface area contributed by atoms with Gasteiger partial charge in [-0.1, -0.05) is 20.4 Å². The van der Waals surface area contributed by atoms with Crippen molar-refractivity contribution in [2.24, 2.45) is 5.92 Å². The number of carboxylic acid groups (broad SMARTS) is 1.